The summed E-state index contributed by atoms with van der Waals surface area (Å²) in [6.45, 7) is 1.88. The molecule has 0 saturated heterocycles. The molecule has 0 amide bonds. The predicted molar refractivity (Wildman–Crippen MR) is 38.8 cm³/mol. The summed E-state index contributed by atoms with van der Waals surface area (Å²) in [7, 11) is 0. The molecule has 0 aromatic rings. The number of hydrogen-bond acceptors (Lipinski definition) is 0. The Labute approximate surface area is 62.3 Å². The van der Waals surface area contributed by atoms with Gasteiger partial charge in [0, 0.05) is 10.7 Å². The van der Waals surface area contributed by atoms with Gasteiger partial charge in [0.15, 0.2) is 0 Å². The topological polar surface area (TPSA) is 0 Å². The fourth-order valence-electron chi connectivity index (χ4n) is 0.123. The zero-order chi connectivity index (χ0) is 5.86. The van der Waals surface area contributed by atoms with Crippen molar-refractivity contribution in [2.75, 3.05) is 5.33 Å². The van der Waals surface area contributed by atoms with Crippen LogP contribution in [0.4, 0.5) is 0 Å². The molecule has 0 rings (SSSR count). The zero-order valence-corrected chi connectivity index (χ0v) is 7.09. The van der Waals surface area contributed by atoms with Crippen LogP contribution in [0.1, 0.15) is 6.92 Å². The minimum absolute atomic E-state index is 0.0565. The molecule has 7 heavy (non-hydrogen) atoms. The molecule has 0 nitrogen and oxygen atoms in total. The summed E-state index contributed by atoms with van der Waals surface area (Å²) in [5.74, 6) is 0. The molecular formula is C4H7BrCl2. The average Bonchev–Trinajstić information content (AvgIpc) is 1.65. The Morgan fingerprint density at radius 2 is 2.00 bits per heavy atom. The third-order valence-electron chi connectivity index (χ3n) is 0.646. The van der Waals surface area contributed by atoms with Crippen molar-refractivity contribution in [3.63, 3.8) is 0 Å². The molecule has 2 unspecified atom stereocenters. The summed E-state index contributed by atoms with van der Waals surface area (Å²) in [4.78, 5) is 0. The molecule has 0 heterocycles. The van der Waals surface area contributed by atoms with Crippen LogP contribution in [0.3, 0.4) is 0 Å². The van der Waals surface area contributed by atoms with Gasteiger partial charge in [-0.2, -0.15) is 0 Å². The van der Waals surface area contributed by atoms with Gasteiger partial charge in [-0.15, -0.1) is 23.2 Å². The van der Waals surface area contributed by atoms with Crippen LogP contribution in [0.2, 0.25) is 0 Å². The Kier molecular flexibility index (Phi) is 4.60. The van der Waals surface area contributed by atoms with E-state index in [1.165, 1.54) is 0 Å². The van der Waals surface area contributed by atoms with E-state index in [2.05, 4.69) is 15.9 Å². The summed E-state index contributed by atoms with van der Waals surface area (Å²) in [6, 6.07) is 0. The molecule has 0 spiro atoms. The highest BCUT2D eigenvalue weighted by atomic mass is 79.9. The van der Waals surface area contributed by atoms with Gasteiger partial charge in [-0.25, -0.2) is 0 Å². The minimum Gasteiger partial charge on any atom is -0.122 e. The van der Waals surface area contributed by atoms with Gasteiger partial charge < -0.3 is 0 Å². The lowest BCUT2D eigenvalue weighted by atomic mass is 10.4. The number of halogens is 3. The summed E-state index contributed by atoms with van der Waals surface area (Å²) >= 11 is 14.4. The molecule has 0 aromatic carbocycles. The molecule has 0 aliphatic heterocycles. The van der Waals surface area contributed by atoms with Gasteiger partial charge in [-0.1, -0.05) is 15.9 Å². The Morgan fingerprint density at radius 1 is 1.57 bits per heavy atom. The Hall–Kier alpha value is 1.06. The van der Waals surface area contributed by atoms with Gasteiger partial charge in [0.25, 0.3) is 0 Å². The molecule has 0 aromatic heterocycles. The van der Waals surface area contributed by atoms with Crippen molar-refractivity contribution in [3.8, 4) is 0 Å². The first-order valence-corrected chi connectivity index (χ1v) is 4.02. The Bertz CT molecular complexity index is 47.0. The molecule has 0 bridgehead atoms. The van der Waals surface area contributed by atoms with Crippen molar-refractivity contribution >= 4 is 39.1 Å². The maximum absolute atomic E-state index is 5.62. The molecule has 0 N–H and O–H groups in total. The van der Waals surface area contributed by atoms with Crippen LogP contribution in [-0.4, -0.2) is 16.1 Å². The van der Waals surface area contributed by atoms with Crippen molar-refractivity contribution in [2.24, 2.45) is 0 Å². The van der Waals surface area contributed by atoms with Gasteiger partial charge in [0.1, 0.15) is 0 Å². The van der Waals surface area contributed by atoms with E-state index in [1.807, 2.05) is 6.92 Å². The Morgan fingerprint density at radius 3 is 2.00 bits per heavy atom. The van der Waals surface area contributed by atoms with Gasteiger partial charge >= 0.3 is 0 Å². The molecule has 0 aliphatic rings. The summed E-state index contributed by atoms with van der Waals surface area (Å²) in [6.07, 6.45) is 0. The van der Waals surface area contributed by atoms with Crippen molar-refractivity contribution in [1.82, 2.24) is 0 Å². The van der Waals surface area contributed by atoms with E-state index < -0.39 is 0 Å². The van der Waals surface area contributed by atoms with Gasteiger partial charge in [-0.3, -0.25) is 0 Å². The highest BCUT2D eigenvalue weighted by Gasteiger charge is 2.07. The standard InChI is InChI=1S/C4H7BrCl2/c1-3(6)4(7)2-5/h3-4H,2H2,1H3. The quantitative estimate of drug-likeness (QED) is 0.609. The van der Waals surface area contributed by atoms with Crippen molar-refractivity contribution in [3.05, 3.63) is 0 Å². The molecule has 0 saturated carbocycles. The van der Waals surface area contributed by atoms with Gasteiger partial charge in [0.05, 0.1) is 5.38 Å². The molecule has 0 fully saturated rings. The lowest BCUT2D eigenvalue weighted by Gasteiger charge is -2.04. The first-order chi connectivity index (χ1) is 3.18. The van der Waals surface area contributed by atoms with Crippen molar-refractivity contribution < 1.29 is 0 Å². The van der Waals surface area contributed by atoms with Crippen molar-refractivity contribution in [2.45, 2.75) is 17.7 Å². The van der Waals surface area contributed by atoms with E-state index in [4.69, 9.17) is 23.2 Å². The van der Waals surface area contributed by atoms with Crippen LogP contribution in [0, 0.1) is 0 Å². The largest absolute Gasteiger partial charge is 0.122 e. The lowest BCUT2D eigenvalue weighted by Crippen LogP contribution is -2.11. The van der Waals surface area contributed by atoms with Crippen LogP contribution < -0.4 is 0 Å². The first-order valence-electron chi connectivity index (χ1n) is 2.02. The summed E-state index contributed by atoms with van der Waals surface area (Å²) < 4.78 is 0. The molecule has 2 atom stereocenters. The second-order valence-corrected chi connectivity index (χ2v) is 3.24. The summed E-state index contributed by atoms with van der Waals surface area (Å²) in [5.41, 5.74) is 0. The van der Waals surface area contributed by atoms with E-state index in [1.54, 1.807) is 0 Å². The van der Waals surface area contributed by atoms with E-state index in [0.29, 0.717) is 0 Å². The summed E-state index contributed by atoms with van der Waals surface area (Å²) in [5, 5.41) is 0.877. The van der Waals surface area contributed by atoms with Crippen LogP contribution in [0.25, 0.3) is 0 Å². The Balaban J connectivity index is 3.14. The van der Waals surface area contributed by atoms with E-state index in [0.717, 1.165) is 5.33 Å². The highest BCUT2D eigenvalue weighted by Crippen LogP contribution is 2.10. The highest BCUT2D eigenvalue weighted by molar-refractivity contribution is 9.09. The van der Waals surface area contributed by atoms with E-state index in [9.17, 15) is 0 Å². The maximum atomic E-state index is 5.62. The lowest BCUT2D eigenvalue weighted by molar-refractivity contribution is 0.920. The number of hydrogen-bond donors (Lipinski definition) is 0. The van der Waals surface area contributed by atoms with Gasteiger partial charge in [-0.05, 0) is 6.92 Å². The number of rotatable bonds is 2. The fraction of sp³-hybridized carbons (Fsp3) is 1.00. The normalized spacial score (nSPS) is 18.9. The van der Waals surface area contributed by atoms with Gasteiger partial charge in [0.2, 0.25) is 0 Å². The third-order valence-corrected chi connectivity index (χ3v) is 2.68. The van der Waals surface area contributed by atoms with Crippen LogP contribution in [0.5, 0.6) is 0 Å². The van der Waals surface area contributed by atoms with E-state index >= 15 is 0 Å². The molecule has 3 heteroatoms. The second-order valence-electron chi connectivity index (χ2n) is 1.35. The smallest absolute Gasteiger partial charge is 0.0593 e. The second kappa shape index (κ2) is 3.99. The molecule has 44 valence electrons. The third kappa shape index (κ3) is 3.63. The SMILES string of the molecule is CC(Cl)C(Cl)CBr. The first kappa shape index (κ1) is 8.06. The predicted octanol–water partition coefficient (Wildman–Crippen LogP) is 2.62. The zero-order valence-electron chi connectivity index (χ0n) is 4.00. The molecular weight excluding hydrogens is 199 g/mol. The molecule has 0 aliphatic carbocycles. The van der Waals surface area contributed by atoms with Crippen LogP contribution in [-0.2, 0) is 0 Å². The minimum atomic E-state index is 0.0565. The monoisotopic (exact) mass is 204 g/mol. The van der Waals surface area contributed by atoms with Crippen LogP contribution >= 0.6 is 39.1 Å². The van der Waals surface area contributed by atoms with E-state index in [-0.39, 0.29) is 10.8 Å². The maximum Gasteiger partial charge on any atom is 0.0593 e. The number of alkyl halides is 3. The average molecular weight is 206 g/mol. The molecule has 0 radical (unpaired) electrons. The fourth-order valence-corrected chi connectivity index (χ4v) is 0.988. The van der Waals surface area contributed by atoms with Crippen molar-refractivity contribution in [1.29, 1.82) is 0 Å². The van der Waals surface area contributed by atoms with Crippen LogP contribution in [0.15, 0.2) is 0 Å².